The topological polar surface area (TPSA) is 159 Å². The second-order valence-electron chi connectivity index (χ2n) is 20.4. The lowest BCUT2D eigenvalue weighted by molar-refractivity contribution is -0.894. The Balaban J connectivity index is 0. The van der Waals surface area contributed by atoms with Gasteiger partial charge in [0.05, 0.1) is 19.6 Å². The maximum Gasteiger partial charge on any atom is 0.488 e. The van der Waals surface area contributed by atoms with E-state index in [1.807, 2.05) is 0 Å². The molecule has 0 aromatic heterocycles. The van der Waals surface area contributed by atoms with Gasteiger partial charge < -0.3 is 28.7 Å². The van der Waals surface area contributed by atoms with E-state index in [-0.39, 0.29) is 43.6 Å². The van der Waals surface area contributed by atoms with Crippen molar-refractivity contribution in [3.05, 3.63) is 0 Å². The predicted molar refractivity (Wildman–Crippen MR) is 294 cm³/mol. The molecule has 12 nitrogen and oxygen atoms in total. The maximum atomic E-state index is 12.7. The number of carbonyl (C=O) groups excluding carboxylic acids is 4. The second-order valence-corrected chi connectivity index (χ2v) is 21.1. The van der Waals surface area contributed by atoms with Crippen LogP contribution in [0.5, 0.6) is 0 Å². The molecule has 1 N–H and O–H groups in total. The van der Waals surface area contributed by atoms with Crippen molar-refractivity contribution in [2.24, 2.45) is 0 Å². The summed E-state index contributed by atoms with van der Waals surface area (Å²) in [6.45, 7) is 18.6. The number of unbranched alkanes of at least 4 members (excludes halogenated alkanes) is 26. The molecule has 0 amide bonds. The van der Waals surface area contributed by atoms with Crippen molar-refractivity contribution in [2.75, 3.05) is 32.8 Å². The highest BCUT2D eigenvalue weighted by molar-refractivity contribution is 7.30. The molecule has 0 aliphatic carbocycles. The van der Waals surface area contributed by atoms with E-state index in [4.69, 9.17) is 18.9 Å². The van der Waals surface area contributed by atoms with Crippen LogP contribution >= 0.6 is 8.25 Å². The minimum absolute atomic E-state index is 0.00302. The Morgan fingerprint density at radius 2 is 0.625 bits per heavy atom. The van der Waals surface area contributed by atoms with Crippen LogP contribution in [-0.2, 0) is 47.2 Å². The monoisotopic (exact) mass is 1040 g/mol. The number of nitrogens with one attached hydrogen (secondary N) is 1. The quantitative estimate of drug-likeness (QED) is 0.0267. The molecule has 0 rings (SSSR count). The van der Waals surface area contributed by atoms with Crippen molar-refractivity contribution in [3.8, 4) is 0 Å². The SMILES string of the molecule is CCCCCCCCC(CCCCCCCC)OC(=O)CCCCCCC(=O)OCC(CO[P+](=O)[O-])OC(=O)CCCCCCC(=O)OC(CCCCCCCC)CCCCCCCC.CC[NH+](CC)CC. The summed E-state index contributed by atoms with van der Waals surface area (Å²) in [5.41, 5.74) is 0. The summed E-state index contributed by atoms with van der Waals surface area (Å²) in [6.07, 6.45) is 38.5. The zero-order valence-electron chi connectivity index (χ0n) is 48.0. The summed E-state index contributed by atoms with van der Waals surface area (Å²) in [4.78, 5) is 63.3. The molecule has 0 heterocycles. The normalized spacial score (nSPS) is 12.0. The van der Waals surface area contributed by atoms with Crippen LogP contribution in [0.3, 0.4) is 0 Å². The molecule has 426 valence electrons. The first-order valence-corrected chi connectivity index (χ1v) is 31.4. The summed E-state index contributed by atoms with van der Waals surface area (Å²) in [7, 11) is -3.17. The predicted octanol–water partition coefficient (Wildman–Crippen LogP) is 14.9. The Labute approximate surface area is 444 Å². The van der Waals surface area contributed by atoms with E-state index in [0.717, 1.165) is 77.0 Å². The summed E-state index contributed by atoms with van der Waals surface area (Å²) in [5.74, 6) is -1.28. The van der Waals surface area contributed by atoms with Gasteiger partial charge in [0.1, 0.15) is 25.4 Å². The Morgan fingerprint density at radius 1 is 0.361 bits per heavy atom. The summed E-state index contributed by atoms with van der Waals surface area (Å²) < 4.78 is 38.4. The molecule has 13 heteroatoms. The lowest BCUT2D eigenvalue weighted by Gasteiger charge is -2.18. The summed E-state index contributed by atoms with van der Waals surface area (Å²) >= 11 is 0. The molecule has 0 spiro atoms. The van der Waals surface area contributed by atoms with Gasteiger partial charge in [0.15, 0.2) is 6.10 Å². The minimum atomic E-state index is -3.17. The third-order valence-electron chi connectivity index (χ3n) is 13.7. The van der Waals surface area contributed by atoms with Gasteiger partial charge in [0.2, 0.25) is 0 Å². The Hall–Kier alpha value is -2.14. The number of carbonyl (C=O) groups is 4. The van der Waals surface area contributed by atoms with Gasteiger partial charge in [-0.1, -0.05) is 182 Å². The van der Waals surface area contributed by atoms with Crippen LogP contribution < -0.4 is 9.79 Å². The van der Waals surface area contributed by atoms with Crippen molar-refractivity contribution in [3.63, 3.8) is 0 Å². The van der Waals surface area contributed by atoms with Gasteiger partial charge in [0, 0.05) is 25.7 Å². The van der Waals surface area contributed by atoms with E-state index in [1.165, 1.54) is 148 Å². The molecule has 72 heavy (non-hydrogen) atoms. The van der Waals surface area contributed by atoms with Crippen LogP contribution in [0.2, 0.25) is 0 Å². The van der Waals surface area contributed by atoms with Gasteiger partial charge in [-0.05, 0) is 102 Å². The number of ether oxygens (including phenoxy) is 4. The Bertz CT molecular complexity index is 1200. The van der Waals surface area contributed by atoms with Crippen LogP contribution in [0.4, 0.5) is 0 Å². The fourth-order valence-corrected chi connectivity index (χ4v) is 9.21. The lowest BCUT2D eigenvalue weighted by atomic mass is 10.0. The van der Waals surface area contributed by atoms with Crippen LogP contribution in [0.15, 0.2) is 0 Å². The first kappa shape index (κ1) is 71.9. The third-order valence-corrected chi connectivity index (χ3v) is 14.1. The van der Waals surface area contributed by atoms with E-state index in [9.17, 15) is 28.6 Å². The lowest BCUT2D eigenvalue weighted by Crippen LogP contribution is -3.11. The first-order chi connectivity index (χ1) is 35.0. The van der Waals surface area contributed by atoms with Gasteiger partial charge in [-0.15, -0.1) is 4.52 Å². The minimum Gasteiger partial charge on any atom is -0.566 e. The average Bonchev–Trinajstić information content (AvgIpc) is 3.36. The number of hydrogen-bond acceptors (Lipinski definition) is 11. The zero-order valence-corrected chi connectivity index (χ0v) is 48.9. The Kier molecular flexibility index (Phi) is 56.5. The van der Waals surface area contributed by atoms with E-state index in [1.54, 1.807) is 4.90 Å². The zero-order chi connectivity index (χ0) is 53.6. The van der Waals surface area contributed by atoms with Gasteiger partial charge in [-0.3, -0.25) is 19.2 Å². The second kappa shape index (κ2) is 56.6. The molecule has 2 atom stereocenters. The highest BCUT2D eigenvalue weighted by atomic mass is 31.1. The van der Waals surface area contributed by atoms with Gasteiger partial charge in [-0.25, -0.2) is 0 Å². The molecule has 0 aromatic carbocycles. The molecule has 2 unspecified atom stereocenters. The summed E-state index contributed by atoms with van der Waals surface area (Å²) in [6, 6.07) is 0. The Morgan fingerprint density at radius 3 is 0.903 bits per heavy atom. The fraction of sp³-hybridized carbons (Fsp3) is 0.932. The van der Waals surface area contributed by atoms with Crippen LogP contribution in [0, 0.1) is 0 Å². The largest absolute Gasteiger partial charge is 0.566 e. The molecule has 0 saturated heterocycles. The van der Waals surface area contributed by atoms with Crippen molar-refractivity contribution in [1.82, 2.24) is 0 Å². The number of esters is 4. The first-order valence-electron chi connectivity index (χ1n) is 30.3. The molecular weight excluding hydrogens is 930 g/mol. The van der Waals surface area contributed by atoms with Crippen LogP contribution in [0.1, 0.15) is 305 Å². The number of hydrogen-bond donors (Lipinski definition) is 1. The van der Waals surface area contributed by atoms with Crippen LogP contribution in [-0.4, -0.2) is 75.0 Å². The fourth-order valence-electron chi connectivity index (χ4n) is 8.92. The van der Waals surface area contributed by atoms with E-state index in [0.29, 0.717) is 38.5 Å². The van der Waals surface area contributed by atoms with Gasteiger partial charge >= 0.3 is 32.1 Å². The van der Waals surface area contributed by atoms with Crippen molar-refractivity contribution < 1.29 is 57.0 Å². The molecule has 0 bridgehead atoms. The standard InChI is InChI=1S/C53H99O11P.C6H15N/c1-5-9-13-17-21-29-37-47(38-30-22-18-14-10-6-2)62-51(55)42-34-26-25-33-41-50(54)60-45-49(46-61-65(58)59)64-53(57)44-36-28-27-35-43-52(56)63-48(39-31-23-19-15-11-7-3)40-32-24-20-16-12-8-4;1-4-7(5-2)6-3/h47-49H,5-46H2,1-4H3;4-6H2,1-3H3/p+1. The molecule has 0 aliphatic rings. The molecular formula is C59H115NO11P+. The van der Waals surface area contributed by atoms with Crippen LogP contribution in [0.25, 0.3) is 0 Å². The highest BCUT2D eigenvalue weighted by Gasteiger charge is 2.21. The highest BCUT2D eigenvalue weighted by Crippen LogP contribution is 2.21. The van der Waals surface area contributed by atoms with Gasteiger partial charge in [0.25, 0.3) is 0 Å². The van der Waals surface area contributed by atoms with E-state index in [2.05, 4.69) is 53.0 Å². The molecule has 0 aromatic rings. The van der Waals surface area contributed by atoms with E-state index < -0.39 is 32.9 Å². The van der Waals surface area contributed by atoms with Crippen molar-refractivity contribution >= 4 is 32.1 Å². The third kappa shape index (κ3) is 52.7. The van der Waals surface area contributed by atoms with Crippen molar-refractivity contribution in [2.45, 2.75) is 324 Å². The van der Waals surface area contributed by atoms with E-state index >= 15 is 0 Å². The van der Waals surface area contributed by atoms with Crippen molar-refractivity contribution in [1.29, 1.82) is 0 Å². The number of quaternary nitrogens is 1. The molecule has 0 radical (unpaired) electrons. The summed E-state index contributed by atoms with van der Waals surface area (Å²) in [5, 5.41) is 0. The molecule has 0 fully saturated rings. The average molecular weight is 1050 g/mol. The number of rotatable bonds is 53. The van der Waals surface area contributed by atoms with Gasteiger partial charge in [-0.2, -0.15) is 0 Å². The smallest absolute Gasteiger partial charge is 0.488 e. The molecule has 0 saturated carbocycles. The maximum absolute atomic E-state index is 12.7. The molecule has 0 aliphatic heterocycles.